The smallest absolute Gasteiger partial charge is 0.347 e. The van der Waals surface area contributed by atoms with Gasteiger partial charge in [-0.15, -0.1) is 0 Å². The van der Waals surface area contributed by atoms with E-state index in [2.05, 4.69) is 19.0 Å². The molecular weight excluding hydrogens is 478 g/mol. The van der Waals surface area contributed by atoms with E-state index in [0.29, 0.717) is 18.1 Å². The van der Waals surface area contributed by atoms with Crippen LogP contribution >= 0.6 is 0 Å². The molecule has 0 amide bonds. The second-order valence-electron chi connectivity index (χ2n) is 9.73. The predicted molar refractivity (Wildman–Crippen MR) is 151 cm³/mol. The first kappa shape index (κ1) is 29.3. The number of ether oxygens (including phenoxy) is 3. The summed E-state index contributed by atoms with van der Waals surface area (Å²) in [7, 11) is 0. The van der Waals surface area contributed by atoms with E-state index in [4.69, 9.17) is 18.7 Å². The van der Waals surface area contributed by atoms with Crippen molar-refractivity contribution in [2.75, 3.05) is 13.2 Å². The van der Waals surface area contributed by atoms with Gasteiger partial charge in [-0.2, -0.15) is 0 Å². The summed E-state index contributed by atoms with van der Waals surface area (Å²) in [5.41, 5.74) is 2.60. The summed E-state index contributed by atoms with van der Waals surface area (Å²) in [5, 5.41) is 4.24. The van der Waals surface area contributed by atoms with Crippen LogP contribution in [0.4, 0.5) is 0 Å². The van der Waals surface area contributed by atoms with Gasteiger partial charge in [0, 0.05) is 17.2 Å². The van der Waals surface area contributed by atoms with E-state index in [1.54, 1.807) is 6.92 Å². The molecule has 0 saturated heterocycles. The van der Waals surface area contributed by atoms with Crippen molar-refractivity contribution >= 4 is 5.97 Å². The molecule has 38 heavy (non-hydrogen) atoms. The maximum Gasteiger partial charge on any atom is 0.347 e. The van der Waals surface area contributed by atoms with Gasteiger partial charge < -0.3 is 18.7 Å². The van der Waals surface area contributed by atoms with Crippen molar-refractivity contribution in [3.63, 3.8) is 0 Å². The monoisotopic (exact) mass is 521 g/mol. The molecule has 6 nitrogen and oxygen atoms in total. The molecule has 3 aromatic rings. The number of carbonyl (C=O) groups excluding carboxylic acids is 1. The maximum absolute atomic E-state index is 12.0. The van der Waals surface area contributed by atoms with Gasteiger partial charge in [0.15, 0.2) is 11.9 Å². The second kappa shape index (κ2) is 16.5. The number of hydrogen-bond donors (Lipinski definition) is 0. The van der Waals surface area contributed by atoms with Crippen LogP contribution in [0.2, 0.25) is 0 Å². The number of aromatic nitrogens is 1. The molecule has 0 aliphatic rings. The van der Waals surface area contributed by atoms with Gasteiger partial charge in [0.25, 0.3) is 0 Å². The average Bonchev–Trinajstić information content (AvgIpc) is 3.43. The topological polar surface area (TPSA) is 70.8 Å². The van der Waals surface area contributed by atoms with Crippen LogP contribution in [0, 0.1) is 0 Å². The molecule has 0 saturated carbocycles. The fourth-order valence-electron chi connectivity index (χ4n) is 4.08. The van der Waals surface area contributed by atoms with Crippen LogP contribution < -0.4 is 9.47 Å². The molecular formula is C32H43NO5. The highest BCUT2D eigenvalue weighted by Gasteiger charge is 2.16. The molecule has 0 N–H and O–H groups in total. The molecule has 2 aromatic carbocycles. The molecule has 0 unspecified atom stereocenters. The molecule has 0 bridgehead atoms. The van der Waals surface area contributed by atoms with E-state index in [1.165, 1.54) is 44.9 Å². The van der Waals surface area contributed by atoms with Crippen LogP contribution in [0.1, 0.15) is 85.0 Å². The average molecular weight is 522 g/mol. The molecule has 3 rings (SSSR count). The molecule has 1 heterocycles. The van der Waals surface area contributed by atoms with Crippen LogP contribution in [0.25, 0.3) is 22.6 Å². The Morgan fingerprint density at radius 1 is 0.763 bits per heavy atom. The summed E-state index contributed by atoms with van der Waals surface area (Å²) in [6.07, 6.45) is 11.5. The Kier molecular flexibility index (Phi) is 12.7. The zero-order valence-corrected chi connectivity index (χ0v) is 23.2. The van der Waals surface area contributed by atoms with E-state index in [0.717, 1.165) is 48.4 Å². The third kappa shape index (κ3) is 9.88. The Bertz CT molecular complexity index is 1060. The minimum atomic E-state index is -0.665. The summed E-state index contributed by atoms with van der Waals surface area (Å²) in [4.78, 5) is 12.0. The molecule has 6 heteroatoms. The van der Waals surface area contributed by atoms with Gasteiger partial charge in [0.1, 0.15) is 17.2 Å². The minimum Gasteiger partial charge on any atom is -0.494 e. The molecule has 0 fully saturated rings. The fourth-order valence-corrected chi connectivity index (χ4v) is 4.08. The minimum absolute atomic E-state index is 0.355. The van der Waals surface area contributed by atoms with Gasteiger partial charge in [0.05, 0.1) is 13.2 Å². The van der Waals surface area contributed by atoms with Gasteiger partial charge in [-0.3, -0.25) is 0 Å². The van der Waals surface area contributed by atoms with Crippen molar-refractivity contribution in [1.82, 2.24) is 5.16 Å². The van der Waals surface area contributed by atoms with Gasteiger partial charge in [-0.1, -0.05) is 70.4 Å². The first-order valence-electron chi connectivity index (χ1n) is 14.2. The summed E-state index contributed by atoms with van der Waals surface area (Å²) < 4.78 is 22.4. The highest BCUT2D eigenvalue weighted by atomic mass is 16.6. The molecule has 206 valence electrons. The summed E-state index contributed by atoms with van der Waals surface area (Å²) in [6.45, 7) is 7.17. The third-order valence-corrected chi connectivity index (χ3v) is 6.45. The Morgan fingerprint density at radius 2 is 1.37 bits per heavy atom. The van der Waals surface area contributed by atoms with Crippen molar-refractivity contribution in [2.24, 2.45) is 0 Å². The highest BCUT2D eigenvalue weighted by molar-refractivity contribution is 5.74. The van der Waals surface area contributed by atoms with Crippen LogP contribution in [-0.4, -0.2) is 30.4 Å². The SMILES string of the molecule is CCCCCCCCCCOc1ccc(-c2cc(-c3ccc(O[C@H](C)C(=O)OCCCC)cc3)on2)cc1. The summed E-state index contributed by atoms with van der Waals surface area (Å²) >= 11 is 0. The lowest BCUT2D eigenvalue weighted by Gasteiger charge is -2.14. The van der Waals surface area contributed by atoms with E-state index in [1.807, 2.05) is 54.6 Å². The van der Waals surface area contributed by atoms with Crippen molar-refractivity contribution < 1.29 is 23.5 Å². The number of rotatable bonds is 18. The van der Waals surface area contributed by atoms with Crippen molar-refractivity contribution in [1.29, 1.82) is 0 Å². The molecule has 0 aliphatic carbocycles. The van der Waals surface area contributed by atoms with Crippen LogP contribution in [0.15, 0.2) is 59.1 Å². The van der Waals surface area contributed by atoms with Crippen molar-refractivity contribution in [3.8, 4) is 34.1 Å². The summed E-state index contributed by atoms with van der Waals surface area (Å²) in [6, 6.07) is 17.3. The largest absolute Gasteiger partial charge is 0.494 e. The van der Waals surface area contributed by atoms with Crippen molar-refractivity contribution in [3.05, 3.63) is 54.6 Å². The standard InChI is InChI=1S/C32H43NO5/c1-4-6-8-9-10-11-12-13-23-35-28-18-14-26(15-19-28)30-24-31(38-33-30)27-16-20-29(21-17-27)37-25(3)32(34)36-22-7-5-2/h14-21,24-25H,4-13,22-23H2,1-3H3/t25-/m1/s1. The van der Waals surface area contributed by atoms with Crippen LogP contribution in [0.3, 0.4) is 0 Å². The first-order valence-corrected chi connectivity index (χ1v) is 14.2. The number of esters is 1. The van der Waals surface area contributed by atoms with E-state index in [9.17, 15) is 4.79 Å². The van der Waals surface area contributed by atoms with Crippen LogP contribution in [-0.2, 0) is 9.53 Å². The number of unbranched alkanes of at least 4 members (excludes halogenated alkanes) is 8. The molecule has 1 aromatic heterocycles. The molecule has 0 radical (unpaired) electrons. The Balaban J connectivity index is 1.43. The van der Waals surface area contributed by atoms with Crippen LogP contribution in [0.5, 0.6) is 11.5 Å². The lowest BCUT2D eigenvalue weighted by Crippen LogP contribution is -2.26. The van der Waals surface area contributed by atoms with Gasteiger partial charge >= 0.3 is 5.97 Å². The maximum atomic E-state index is 12.0. The Hall–Kier alpha value is -3.28. The fraction of sp³-hybridized carbons (Fsp3) is 0.500. The molecule has 1 atom stereocenters. The van der Waals surface area contributed by atoms with E-state index in [-0.39, 0.29) is 5.97 Å². The van der Waals surface area contributed by atoms with Gasteiger partial charge in [-0.05, 0) is 68.3 Å². The number of hydrogen-bond acceptors (Lipinski definition) is 6. The number of benzene rings is 2. The summed E-state index contributed by atoms with van der Waals surface area (Å²) in [5.74, 6) is 1.77. The Labute approximate surface area is 227 Å². The number of carbonyl (C=O) groups is 1. The zero-order chi connectivity index (χ0) is 27.0. The van der Waals surface area contributed by atoms with Gasteiger partial charge in [-0.25, -0.2) is 4.79 Å². The molecule has 0 spiro atoms. The lowest BCUT2D eigenvalue weighted by atomic mass is 10.1. The first-order chi connectivity index (χ1) is 18.6. The normalized spacial score (nSPS) is 11.8. The highest BCUT2D eigenvalue weighted by Crippen LogP contribution is 2.28. The van der Waals surface area contributed by atoms with Crippen molar-refractivity contribution in [2.45, 2.75) is 91.1 Å². The Morgan fingerprint density at radius 3 is 2.05 bits per heavy atom. The second-order valence-corrected chi connectivity index (χ2v) is 9.73. The quantitative estimate of drug-likeness (QED) is 0.123. The van der Waals surface area contributed by atoms with E-state index >= 15 is 0 Å². The lowest BCUT2D eigenvalue weighted by molar-refractivity contribution is -0.151. The molecule has 0 aliphatic heterocycles. The number of nitrogens with zero attached hydrogens (tertiary/aromatic N) is 1. The van der Waals surface area contributed by atoms with Gasteiger partial charge in [0.2, 0.25) is 0 Å². The predicted octanol–water partition coefficient (Wildman–Crippen LogP) is 8.64. The van der Waals surface area contributed by atoms with E-state index < -0.39 is 6.10 Å². The third-order valence-electron chi connectivity index (χ3n) is 6.45. The zero-order valence-electron chi connectivity index (χ0n) is 23.2.